The summed E-state index contributed by atoms with van der Waals surface area (Å²) in [6, 6.07) is 8.64. The largest absolute Gasteiger partial charge is 0.325 e. The van der Waals surface area contributed by atoms with Crippen LogP contribution in [0.2, 0.25) is 0 Å². The minimum absolute atomic E-state index is 0.184. The van der Waals surface area contributed by atoms with Crippen molar-refractivity contribution in [2.24, 2.45) is 5.73 Å². The quantitative estimate of drug-likeness (QED) is 0.838. The molecule has 0 spiro atoms. The molecule has 0 unspecified atom stereocenters. The van der Waals surface area contributed by atoms with E-state index in [0.29, 0.717) is 0 Å². The Bertz CT molecular complexity index is 482. The number of rotatable bonds is 3. The van der Waals surface area contributed by atoms with Crippen molar-refractivity contribution in [1.29, 1.82) is 0 Å². The topological polar surface area (TPSA) is 26.0 Å². The van der Waals surface area contributed by atoms with E-state index in [4.69, 9.17) is 5.73 Å². The fourth-order valence-corrected chi connectivity index (χ4v) is 3.02. The van der Waals surface area contributed by atoms with Crippen molar-refractivity contribution < 1.29 is 0 Å². The van der Waals surface area contributed by atoms with E-state index in [1.165, 1.54) is 28.5 Å². The van der Waals surface area contributed by atoms with Gasteiger partial charge in [0.15, 0.2) is 0 Å². The molecule has 15 heavy (non-hydrogen) atoms. The van der Waals surface area contributed by atoms with Crippen LogP contribution < -0.4 is 5.73 Å². The standard InChI is InChI=1S/C13H15NS/c14-13(7-8-13)6-5-10-9-15-12-4-2-1-3-11(10)12/h1-4,9H,5-8,14H2. The van der Waals surface area contributed by atoms with Gasteiger partial charge in [0.1, 0.15) is 0 Å². The van der Waals surface area contributed by atoms with Crippen molar-refractivity contribution >= 4 is 21.4 Å². The number of nitrogens with two attached hydrogens (primary N) is 1. The van der Waals surface area contributed by atoms with Gasteiger partial charge in [-0.05, 0) is 48.1 Å². The second kappa shape index (κ2) is 3.32. The van der Waals surface area contributed by atoms with Crippen LogP contribution in [0.3, 0.4) is 0 Å². The van der Waals surface area contributed by atoms with Crippen LogP contribution in [-0.2, 0) is 6.42 Å². The van der Waals surface area contributed by atoms with E-state index in [0.717, 1.165) is 12.8 Å². The van der Waals surface area contributed by atoms with Gasteiger partial charge in [-0.25, -0.2) is 0 Å². The predicted octanol–water partition coefficient (Wildman–Crippen LogP) is 3.33. The summed E-state index contributed by atoms with van der Waals surface area (Å²) < 4.78 is 1.40. The smallest absolute Gasteiger partial charge is 0.0345 e. The zero-order valence-electron chi connectivity index (χ0n) is 8.70. The first-order valence-corrected chi connectivity index (χ1v) is 6.39. The maximum absolute atomic E-state index is 6.11. The molecule has 78 valence electrons. The van der Waals surface area contributed by atoms with Crippen LogP contribution in [0.1, 0.15) is 24.8 Å². The summed E-state index contributed by atoms with van der Waals surface area (Å²) in [6.45, 7) is 0. The van der Waals surface area contributed by atoms with Gasteiger partial charge in [-0.3, -0.25) is 0 Å². The Morgan fingerprint density at radius 1 is 1.27 bits per heavy atom. The molecule has 0 aliphatic heterocycles. The molecule has 2 heteroatoms. The van der Waals surface area contributed by atoms with Crippen LogP contribution >= 0.6 is 11.3 Å². The molecule has 1 aromatic carbocycles. The second-order valence-electron chi connectivity index (χ2n) is 4.62. The van der Waals surface area contributed by atoms with Crippen molar-refractivity contribution in [2.45, 2.75) is 31.2 Å². The summed E-state index contributed by atoms with van der Waals surface area (Å²) in [7, 11) is 0. The van der Waals surface area contributed by atoms with Crippen LogP contribution in [-0.4, -0.2) is 5.54 Å². The van der Waals surface area contributed by atoms with Crippen LogP contribution in [0, 0.1) is 0 Å². The third-order valence-electron chi connectivity index (χ3n) is 3.35. The molecule has 0 amide bonds. The van der Waals surface area contributed by atoms with E-state index in [1.807, 2.05) is 11.3 Å². The molecule has 1 aromatic heterocycles. The Morgan fingerprint density at radius 2 is 2.07 bits per heavy atom. The van der Waals surface area contributed by atoms with Crippen molar-refractivity contribution in [1.82, 2.24) is 0 Å². The van der Waals surface area contributed by atoms with Gasteiger partial charge in [-0.15, -0.1) is 11.3 Å². The van der Waals surface area contributed by atoms with Crippen molar-refractivity contribution in [3.63, 3.8) is 0 Å². The van der Waals surface area contributed by atoms with Gasteiger partial charge in [0, 0.05) is 10.2 Å². The van der Waals surface area contributed by atoms with Crippen LogP contribution in [0.25, 0.3) is 10.1 Å². The number of hydrogen-bond acceptors (Lipinski definition) is 2. The van der Waals surface area contributed by atoms with E-state index in [9.17, 15) is 0 Å². The Morgan fingerprint density at radius 3 is 2.87 bits per heavy atom. The molecule has 0 saturated heterocycles. The third kappa shape index (κ3) is 1.80. The van der Waals surface area contributed by atoms with E-state index < -0.39 is 0 Å². The minimum atomic E-state index is 0.184. The van der Waals surface area contributed by atoms with Crippen molar-refractivity contribution in [3.05, 3.63) is 35.2 Å². The lowest BCUT2D eigenvalue weighted by atomic mass is 10.0. The zero-order chi connectivity index (χ0) is 10.3. The maximum atomic E-state index is 6.11. The first-order chi connectivity index (χ1) is 7.27. The highest BCUT2D eigenvalue weighted by molar-refractivity contribution is 7.17. The average Bonchev–Trinajstić information content (AvgIpc) is 2.86. The second-order valence-corrected chi connectivity index (χ2v) is 5.53. The monoisotopic (exact) mass is 217 g/mol. The number of thiophene rings is 1. The van der Waals surface area contributed by atoms with Gasteiger partial charge in [-0.2, -0.15) is 0 Å². The van der Waals surface area contributed by atoms with Crippen LogP contribution in [0.15, 0.2) is 29.6 Å². The van der Waals surface area contributed by atoms with Crippen molar-refractivity contribution in [2.75, 3.05) is 0 Å². The molecule has 2 aromatic rings. The molecule has 0 radical (unpaired) electrons. The highest BCUT2D eigenvalue weighted by Crippen LogP contribution is 2.37. The fraction of sp³-hybridized carbons (Fsp3) is 0.385. The lowest BCUT2D eigenvalue weighted by molar-refractivity contribution is 0.611. The molecule has 0 atom stereocenters. The minimum Gasteiger partial charge on any atom is -0.325 e. The third-order valence-corrected chi connectivity index (χ3v) is 4.36. The normalized spacial score (nSPS) is 18.2. The molecule has 1 fully saturated rings. The van der Waals surface area contributed by atoms with E-state index in [2.05, 4.69) is 29.6 Å². The summed E-state index contributed by atoms with van der Waals surface area (Å²) in [5.41, 5.74) is 7.77. The van der Waals surface area contributed by atoms with E-state index in [-0.39, 0.29) is 5.54 Å². The van der Waals surface area contributed by atoms with Crippen molar-refractivity contribution in [3.8, 4) is 0 Å². The zero-order valence-corrected chi connectivity index (χ0v) is 9.52. The summed E-state index contributed by atoms with van der Waals surface area (Å²) in [5, 5.41) is 3.71. The molecular formula is C13H15NS. The number of aryl methyl sites for hydroxylation is 1. The Kier molecular flexibility index (Phi) is 2.08. The Labute approximate surface area is 93.9 Å². The number of fused-ring (bicyclic) bond motifs is 1. The first-order valence-electron chi connectivity index (χ1n) is 5.51. The van der Waals surface area contributed by atoms with Gasteiger partial charge in [0.25, 0.3) is 0 Å². The predicted molar refractivity (Wildman–Crippen MR) is 66.3 cm³/mol. The molecule has 3 rings (SSSR count). The molecule has 2 N–H and O–H groups in total. The van der Waals surface area contributed by atoms with Gasteiger partial charge in [0.2, 0.25) is 0 Å². The molecule has 1 nitrogen and oxygen atoms in total. The molecule has 1 saturated carbocycles. The SMILES string of the molecule is NC1(CCc2csc3ccccc23)CC1. The Balaban J connectivity index is 1.84. The van der Waals surface area contributed by atoms with Crippen LogP contribution in [0.4, 0.5) is 0 Å². The highest BCUT2D eigenvalue weighted by Gasteiger charge is 2.37. The lowest BCUT2D eigenvalue weighted by Crippen LogP contribution is -2.21. The van der Waals surface area contributed by atoms with E-state index >= 15 is 0 Å². The Hall–Kier alpha value is -0.860. The first kappa shape index (κ1) is 9.37. The summed E-state index contributed by atoms with van der Waals surface area (Å²) >= 11 is 1.84. The average molecular weight is 217 g/mol. The number of benzene rings is 1. The van der Waals surface area contributed by atoms with Crippen LogP contribution in [0.5, 0.6) is 0 Å². The number of hydrogen-bond donors (Lipinski definition) is 1. The van der Waals surface area contributed by atoms with Gasteiger partial charge in [-0.1, -0.05) is 18.2 Å². The highest BCUT2D eigenvalue weighted by atomic mass is 32.1. The summed E-state index contributed by atoms with van der Waals surface area (Å²) in [5.74, 6) is 0. The molecule has 1 aliphatic carbocycles. The fourth-order valence-electron chi connectivity index (χ4n) is 2.02. The van der Waals surface area contributed by atoms with Gasteiger partial charge in [0.05, 0.1) is 0 Å². The lowest BCUT2D eigenvalue weighted by Gasteiger charge is -2.06. The van der Waals surface area contributed by atoms with Gasteiger partial charge < -0.3 is 5.73 Å². The molecule has 1 aliphatic rings. The van der Waals surface area contributed by atoms with E-state index in [1.54, 1.807) is 0 Å². The molecule has 1 heterocycles. The summed E-state index contributed by atoms with van der Waals surface area (Å²) in [4.78, 5) is 0. The van der Waals surface area contributed by atoms with Gasteiger partial charge >= 0.3 is 0 Å². The summed E-state index contributed by atoms with van der Waals surface area (Å²) in [6.07, 6.45) is 4.72. The maximum Gasteiger partial charge on any atom is 0.0345 e. The molecule has 0 bridgehead atoms. The molecular weight excluding hydrogens is 202 g/mol.